The van der Waals surface area contributed by atoms with Gasteiger partial charge in [-0.3, -0.25) is 4.79 Å². The summed E-state index contributed by atoms with van der Waals surface area (Å²) in [7, 11) is 1.77. The molecule has 1 fully saturated rings. The topological polar surface area (TPSA) is 68.5 Å². The van der Waals surface area contributed by atoms with E-state index in [1.54, 1.807) is 24.1 Å². The summed E-state index contributed by atoms with van der Waals surface area (Å²) in [6, 6.07) is 7.16. The van der Waals surface area contributed by atoms with Crippen LogP contribution in [0.3, 0.4) is 0 Å². The predicted octanol–water partition coefficient (Wildman–Crippen LogP) is 4.79. The van der Waals surface area contributed by atoms with Crippen LogP contribution in [0.25, 0.3) is 0 Å². The standard InChI is InChI=1S/C20H26ClN3O3S/c1-14(28-20-23-22-18(27-20)15-6-4-3-5-7-15)19(25)24(2)12-13-26-17-10-8-16(21)9-11-17/h8-11,14-15H,3-7,12-13H2,1-2H3/t14-/m0/s1. The zero-order chi connectivity index (χ0) is 19.9. The van der Waals surface area contributed by atoms with Gasteiger partial charge in [0.05, 0.1) is 11.8 Å². The Kier molecular flexibility index (Phi) is 7.62. The highest BCUT2D eigenvalue weighted by Crippen LogP contribution is 2.33. The summed E-state index contributed by atoms with van der Waals surface area (Å²) in [5, 5.41) is 9.14. The van der Waals surface area contributed by atoms with Crippen molar-refractivity contribution in [3.05, 3.63) is 35.2 Å². The first-order chi connectivity index (χ1) is 13.5. The van der Waals surface area contributed by atoms with E-state index in [2.05, 4.69) is 10.2 Å². The van der Waals surface area contributed by atoms with Gasteiger partial charge in [0, 0.05) is 18.0 Å². The number of hydrogen-bond acceptors (Lipinski definition) is 6. The number of aromatic nitrogens is 2. The second kappa shape index (κ2) is 10.2. The average Bonchev–Trinajstić information content (AvgIpc) is 3.18. The number of likely N-dealkylation sites (N-methyl/N-ethyl adjacent to an activating group) is 1. The van der Waals surface area contributed by atoms with Gasteiger partial charge in [0.25, 0.3) is 5.22 Å². The van der Waals surface area contributed by atoms with Crippen LogP contribution in [0, 0.1) is 0 Å². The first kappa shape index (κ1) is 21.0. The summed E-state index contributed by atoms with van der Waals surface area (Å²) in [5.74, 6) is 1.82. The molecule has 6 nitrogen and oxygen atoms in total. The molecule has 1 saturated carbocycles. The lowest BCUT2D eigenvalue weighted by Crippen LogP contribution is -2.36. The molecule has 1 amide bonds. The Balaban J connectivity index is 1.44. The molecule has 152 valence electrons. The van der Waals surface area contributed by atoms with E-state index in [0.717, 1.165) is 18.6 Å². The summed E-state index contributed by atoms with van der Waals surface area (Å²) in [4.78, 5) is 14.2. The molecular formula is C20H26ClN3O3S. The van der Waals surface area contributed by atoms with Crippen LogP contribution < -0.4 is 4.74 Å². The van der Waals surface area contributed by atoms with Crippen LogP contribution >= 0.6 is 23.4 Å². The molecule has 1 aliphatic carbocycles. The molecule has 0 N–H and O–H groups in total. The molecule has 0 unspecified atom stereocenters. The molecule has 1 atom stereocenters. The zero-order valence-corrected chi connectivity index (χ0v) is 17.8. The minimum absolute atomic E-state index is 0.00197. The van der Waals surface area contributed by atoms with Crippen molar-refractivity contribution in [2.45, 2.75) is 55.4 Å². The molecule has 2 aromatic rings. The maximum atomic E-state index is 12.6. The van der Waals surface area contributed by atoms with Crippen molar-refractivity contribution in [1.82, 2.24) is 15.1 Å². The van der Waals surface area contributed by atoms with Crippen LogP contribution in [0.2, 0.25) is 5.02 Å². The molecule has 1 aliphatic rings. The Morgan fingerprint density at radius 3 is 2.71 bits per heavy atom. The summed E-state index contributed by atoms with van der Waals surface area (Å²) < 4.78 is 11.5. The third-order valence-electron chi connectivity index (χ3n) is 4.89. The van der Waals surface area contributed by atoms with E-state index < -0.39 is 0 Å². The Hall–Kier alpha value is -1.73. The molecule has 3 rings (SSSR count). The first-order valence-electron chi connectivity index (χ1n) is 9.66. The molecule has 0 saturated heterocycles. The summed E-state index contributed by atoms with van der Waals surface area (Å²) in [6.07, 6.45) is 5.93. The van der Waals surface area contributed by atoms with E-state index in [-0.39, 0.29) is 11.2 Å². The number of benzene rings is 1. The van der Waals surface area contributed by atoms with Crippen molar-refractivity contribution >= 4 is 29.3 Å². The van der Waals surface area contributed by atoms with Gasteiger partial charge >= 0.3 is 0 Å². The minimum atomic E-state index is -0.305. The lowest BCUT2D eigenvalue weighted by atomic mass is 9.89. The molecule has 1 aromatic carbocycles. The number of halogens is 1. The van der Waals surface area contributed by atoms with E-state index in [1.807, 2.05) is 19.1 Å². The smallest absolute Gasteiger partial charge is 0.277 e. The van der Waals surface area contributed by atoms with E-state index in [1.165, 1.54) is 31.0 Å². The second-order valence-electron chi connectivity index (χ2n) is 7.06. The van der Waals surface area contributed by atoms with Gasteiger partial charge in [-0.05, 0) is 44.0 Å². The van der Waals surface area contributed by atoms with Gasteiger partial charge in [0.2, 0.25) is 11.8 Å². The molecule has 0 radical (unpaired) electrons. The average molecular weight is 424 g/mol. The quantitative estimate of drug-likeness (QED) is 0.568. The van der Waals surface area contributed by atoms with Crippen molar-refractivity contribution in [1.29, 1.82) is 0 Å². The van der Waals surface area contributed by atoms with Gasteiger partial charge in [0.1, 0.15) is 12.4 Å². The lowest BCUT2D eigenvalue weighted by molar-refractivity contribution is -0.129. The fourth-order valence-corrected chi connectivity index (χ4v) is 4.17. The molecule has 0 spiro atoms. The van der Waals surface area contributed by atoms with Crippen LogP contribution in [-0.4, -0.2) is 46.5 Å². The molecule has 1 heterocycles. The number of rotatable bonds is 8. The van der Waals surface area contributed by atoms with E-state index in [9.17, 15) is 4.79 Å². The monoisotopic (exact) mass is 423 g/mol. The van der Waals surface area contributed by atoms with Crippen LogP contribution in [0.15, 0.2) is 33.9 Å². The van der Waals surface area contributed by atoms with Crippen LogP contribution in [0.4, 0.5) is 0 Å². The van der Waals surface area contributed by atoms with E-state index >= 15 is 0 Å². The van der Waals surface area contributed by atoms with E-state index in [0.29, 0.717) is 35.2 Å². The largest absolute Gasteiger partial charge is 0.492 e. The highest BCUT2D eigenvalue weighted by atomic mass is 35.5. The summed E-state index contributed by atoms with van der Waals surface area (Å²) >= 11 is 7.17. The zero-order valence-electron chi connectivity index (χ0n) is 16.3. The van der Waals surface area contributed by atoms with Crippen LogP contribution in [-0.2, 0) is 4.79 Å². The van der Waals surface area contributed by atoms with Crippen LogP contribution in [0.1, 0.15) is 50.8 Å². The molecular weight excluding hydrogens is 398 g/mol. The number of thioether (sulfide) groups is 1. The summed E-state index contributed by atoms with van der Waals surface area (Å²) in [6.45, 7) is 2.76. The molecule has 0 aliphatic heterocycles. The summed E-state index contributed by atoms with van der Waals surface area (Å²) in [5.41, 5.74) is 0. The van der Waals surface area contributed by atoms with Crippen molar-refractivity contribution in [2.24, 2.45) is 0 Å². The second-order valence-corrected chi connectivity index (χ2v) is 8.79. The van der Waals surface area contributed by atoms with Crippen molar-refractivity contribution < 1.29 is 13.9 Å². The van der Waals surface area contributed by atoms with Gasteiger partial charge in [-0.15, -0.1) is 10.2 Å². The highest BCUT2D eigenvalue weighted by Gasteiger charge is 2.24. The normalized spacial score (nSPS) is 16.0. The van der Waals surface area contributed by atoms with Crippen molar-refractivity contribution in [2.75, 3.05) is 20.2 Å². The first-order valence-corrected chi connectivity index (χ1v) is 10.9. The number of nitrogens with zero attached hydrogens (tertiary/aromatic N) is 3. The van der Waals surface area contributed by atoms with E-state index in [4.69, 9.17) is 20.8 Å². The Morgan fingerprint density at radius 2 is 2.00 bits per heavy atom. The SMILES string of the molecule is C[C@H](Sc1nnc(C2CCCCC2)o1)C(=O)N(C)CCOc1ccc(Cl)cc1. The molecule has 1 aromatic heterocycles. The maximum absolute atomic E-state index is 12.6. The number of carbonyl (C=O) groups is 1. The lowest BCUT2D eigenvalue weighted by Gasteiger charge is -2.20. The van der Waals surface area contributed by atoms with Gasteiger partial charge < -0.3 is 14.1 Å². The van der Waals surface area contributed by atoms with Gasteiger partial charge in [0.15, 0.2) is 0 Å². The number of amides is 1. The number of hydrogen-bond donors (Lipinski definition) is 0. The molecule has 28 heavy (non-hydrogen) atoms. The minimum Gasteiger partial charge on any atom is -0.492 e. The predicted molar refractivity (Wildman–Crippen MR) is 110 cm³/mol. The number of ether oxygens (including phenoxy) is 1. The van der Waals surface area contributed by atoms with Gasteiger partial charge in [-0.1, -0.05) is 42.6 Å². The fourth-order valence-electron chi connectivity index (χ4n) is 3.24. The Morgan fingerprint density at radius 1 is 1.29 bits per heavy atom. The third kappa shape index (κ3) is 5.88. The Labute approximate surface area is 175 Å². The van der Waals surface area contributed by atoms with Gasteiger partial charge in [-0.25, -0.2) is 0 Å². The third-order valence-corrected chi connectivity index (χ3v) is 6.06. The maximum Gasteiger partial charge on any atom is 0.277 e. The number of carbonyl (C=O) groups excluding carboxylic acids is 1. The fraction of sp³-hybridized carbons (Fsp3) is 0.550. The van der Waals surface area contributed by atoms with Crippen molar-refractivity contribution in [3.63, 3.8) is 0 Å². The van der Waals surface area contributed by atoms with Crippen molar-refractivity contribution in [3.8, 4) is 5.75 Å². The van der Waals surface area contributed by atoms with Crippen LogP contribution in [0.5, 0.6) is 5.75 Å². The Bertz CT molecular complexity index is 762. The molecule has 0 bridgehead atoms. The highest BCUT2D eigenvalue weighted by molar-refractivity contribution is 8.00. The van der Waals surface area contributed by atoms with Gasteiger partial charge in [-0.2, -0.15) is 0 Å². The molecule has 8 heteroatoms.